The first-order valence-corrected chi connectivity index (χ1v) is 11.1. The van der Waals surface area contributed by atoms with Gasteiger partial charge in [0, 0.05) is 36.7 Å². The largest absolute Gasteiger partial charge is 0.633 e. The first kappa shape index (κ1) is 24.2. The monoisotopic (exact) mass is 483 g/mol. The van der Waals surface area contributed by atoms with Crippen molar-refractivity contribution in [2.45, 2.75) is 18.9 Å². The summed E-state index contributed by atoms with van der Waals surface area (Å²) in [7, 11) is 6.27. The van der Waals surface area contributed by atoms with Crippen molar-refractivity contribution in [1.29, 1.82) is 0 Å². The van der Waals surface area contributed by atoms with Crippen LogP contribution in [0, 0.1) is 5.21 Å². The standard InChI is InChI=1S/C23H29N7O5/c1-30(32)9-7-14(8-10-30)26-23(31)29-19-6-5-16-22(27-19)28-20(13-24-16)25-15-11-17(33-2)21(35-4)18(12-15)34-3/h5-6,11-14H,7-10H2,1-4H3,(H3,25,26,27,28,29,31). The van der Waals surface area contributed by atoms with Gasteiger partial charge < -0.3 is 34.7 Å². The number of hydroxylamine groups is 3. The molecular weight excluding hydrogens is 454 g/mol. The summed E-state index contributed by atoms with van der Waals surface area (Å²) in [5, 5.41) is 20.8. The Labute approximate surface area is 202 Å². The molecule has 1 fully saturated rings. The quantitative estimate of drug-likeness (QED) is 0.341. The number of carbonyl (C=O) groups is 1. The topological polar surface area (TPSA) is 143 Å². The number of benzene rings is 1. The highest BCUT2D eigenvalue weighted by molar-refractivity contribution is 5.89. The fourth-order valence-electron chi connectivity index (χ4n) is 3.92. The zero-order valence-electron chi connectivity index (χ0n) is 20.1. The Balaban J connectivity index is 1.47. The van der Waals surface area contributed by atoms with Gasteiger partial charge >= 0.3 is 6.03 Å². The molecule has 186 valence electrons. The van der Waals surface area contributed by atoms with Crippen LogP contribution in [-0.4, -0.2) is 73.1 Å². The van der Waals surface area contributed by atoms with E-state index in [1.54, 1.807) is 51.7 Å². The first-order chi connectivity index (χ1) is 16.8. The summed E-state index contributed by atoms with van der Waals surface area (Å²) < 4.78 is 15.9. The lowest BCUT2D eigenvalue weighted by molar-refractivity contribution is -0.866. The summed E-state index contributed by atoms with van der Waals surface area (Å²) in [6.45, 7) is 0.965. The van der Waals surface area contributed by atoms with Gasteiger partial charge in [0.15, 0.2) is 23.0 Å². The van der Waals surface area contributed by atoms with E-state index in [9.17, 15) is 10.0 Å². The van der Waals surface area contributed by atoms with Gasteiger partial charge in [-0.2, -0.15) is 0 Å². The zero-order chi connectivity index (χ0) is 25.0. The molecule has 1 aliphatic heterocycles. The van der Waals surface area contributed by atoms with Crippen LogP contribution in [0.5, 0.6) is 17.2 Å². The number of ether oxygens (including phenoxy) is 3. The molecule has 1 aliphatic rings. The third-order valence-electron chi connectivity index (χ3n) is 5.82. The molecule has 0 atom stereocenters. The van der Waals surface area contributed by atoms with E-state index < -0.39 is 0 Å². The zero-order valence-corrected chi connectivity index (χ0v) is 20.1. The predicted octanol–water partition coefficient (Wildman–Crippen LogP) is 3.02. The highest BCUT2D eigenvalue weighted by Crippen LogP contribution is 2.40. The van der Waals surface area contributed by atoms with Gasteiger partial charge in [-0.15, -0.1) is 0 Å². The second-order valence-corrected chi connectivity index (χ2v) is 8.45. The summed E-state index contributed by atoms with van der Waals surface area (Å²) in [6, 6.07) is 6.49. The van der Waals surface area contributed by atoms with Gasteiger partial charge in [0.05, 0.1) is 47.7 Å². The number of piperidine rings is 1. The van der Waals surface area contributed by atoms with Crippen LogP contribution in [0.2, 0.25) is 0 Å². The van der Waals surface area contributed by atoms with Gasteiger partial charge in [0.2, 0.25) is 5.75 Å². The van der Waals surface area contributed by atoms with Crippen LogP contribution in [0.15, 0.2) is 30.5 Å². The molecule has 0 spiro atoms. The number of methoxy groups -OCH3 is 3. The molecule has 1 aromatic carbocycles. The number of hydrogen-bond donors (Lipinski definition) is 3. The number of rotatable bonds is 7. The fraction of sp³-hybridized carbons (Fsp3) is 0.391. The number of pyridine rings is 1. The first-order valence-electron chi connectivity index (χ1n) is 11.1. The number of urea groups is 1. The van der Waals surface area contributed by atoms with Crippen molar-refractivity contribution >= 4 is 34.5 Å². The van der Waals surface area contributed by atoms with Crippen LogP contribution < -0.4 is 30.2 Å². The van der Waals surface area contributed by atoms with Gasteiger partial charge in [0.1, 0.15) is 11.3 Å². The maximum atomic E-state index is 12.4. The molecule has 3 aromatic rings. The number of hydrogen-bond acceptors (Lipinski definition) is 9. The Bertz CT molecular complexity index is 1190. The number of fused-ring (bicyclic) bond motifs is 1. The van der Waals surface area contributed by atoms with Crippen molar-refractivity contribution in [1.82, 2.24) is 20.3 Å². The van der Waals surface area contributed by atoms with E-state index in [2.05, 4.69) is 30.9 Å². The lowest BCUT2D eigenvalue weighted by Gasteiger charge is -2.44. The molecule has 0 unspecified atom stereocenters. The van der Waals surface area contributed by atoms with E-state index in [4.69, 9.17) is 14.2 Å². The van der Waals surface area contributed by atoms with E-state index in [1.807, 2.05) is 0 Å². The van der Waals surface area contributed by atoms with Crippen LogP contribution in [0.25, 0.3) is 11.2 Å². The fourth-order valence-corrected chi connectivity index (χ4v) is 3.92. The third-order valence-corrected chi connectivity index (χ3v) is 5.82. The number of carbonyl (C=O) groups excluding carboxylic acids is 1. The number of nitrogens with one attached hydrogen (secondary N) is 3. The minimum Gasteiger partial charge on any atom is -0.633 e. The molecule has 3 N–H and O–H groups in total. The van der Waals surface area contributed by atoms with Crippen LogP contribution in [0.4, 0.5) is 22.1 Å². The maximum absolute atomic E-state index is 12.4. The minimum absolute atomic E-state index is 0.0373. The van der Waals surface area contributed by atoms with Crippen molar-refractivity contribution in [3.05, 3.63) is 35.7 Å². The van der Waals surface area contributed by atoms with Gasteiger partial charge in [-0.1, -0.05) is 0 Å². The van der Waals surface area contributed by atoms with Crippen molar-refractivity contribution < 1.29 is 23.7 Å². The molecule has 12 heteroatoms. The van der Waals surface area contributed by atoms with E-state index >= 15 is 0 Å². The Kier molecular flexibility index (Phi) is 7.03. The third kappa shape index (κ3) is 5.78. The van der Waals surface area contributed by atoms with E-state index in [-0.39, 0.29) is 16.7 Å². The highest BCUT2D eigenvalue weighted by atomic mass is 16.5. The summed E-state index contributed by atoms with van der Waals surface area (Å²) in [5.74, 6) is 2.26. The Morgan fingerprint density at radius 2 is 1.69 bits per heavy atom. The van der Waals surface area contributed by atoms with Crippen LogP contribution in [-0.2, 0) is 0 Å². The highest BCUT2D eigenvalue weighted by Gasteiger charge is 2.24. The van der Waals surface area contributed by atoms with Crippen LogP contribution in [0.1, 0.15) is 12.8 Å². The SMILES string of the molecule is COc1cc(Nc2cnc3ccc(NC(=O)NC4CC[N+](C)([O-])CC4)nc3n2)cc(OC)c1OC. The normalized spacial score (nSPS) is 19.6. The maximum Gasteiger partial charge on any atom is 0.320 e. The Morgan fingerprint density at radius 3 is 2.31 bits per heavy atom. The number of anilines is 3. The smallest absolute Gasteiger partial charge is 0.320 e. The number of nitrogens with zero attached hydrogens (tertiary/aromatic N) is 4. The molecule has 35 heavy (non-hydrogen) atoms. The molecule has 1 saturated heterocycles. The number of likely N-dealkylation sites (tertiary alicyclic amines) is 1. The molecule has 0 saturated carbocycles. The molecule has 2 amide bonds. The molecule has 0 aliphatic carbocycles. The number of amides is 2. The summed E-state index contributed by atoms with van der Waals surface area (Å²) in [5.41, 5.74) is 1.59. The molecular formula is C23H29N7O5. The van der Waals surface area contributed by atoms with Gasteiger partial charge in [-0.25, -0.2) is 19.7 Å². The molecule has 2 aromatic heterocycles. The van der Waals surface area contributed by atoms with Crippen molar-refractivity contribution in [2.24, 2.45) is 0 Å². The Hall–Kier alpha value is -3.90. The van der Waals surface area contributed by atoms with Crippen molar-refractivity contribution in [2.75, 3.05) is 52.1 Å². The van der Waals surface area contributed by atoms with Crippen LogP contribution in [0.3, 0.4) is 0 Å². The molecule has 0 radical (unpaired) electrons. The average molecular weight is 484 g/mol. The van der Waals surface area contributed by atoms with Crippen molar-refractivity contribution in [3.8, 4) is 17.2 Å². The molecule has 0 bridgehead atoms. The summed E-state index contributed by atoms with van der Waals surface area (Å²) in [6.07, 6.45) is 2.86. The lowest BCUT2D eigenvalue weighted by Crippen LogP contribution is -2.51. The Morgan fingerprint density at radius 1 is 1.03 bits per heavy atom. The van der Waals surface area contributed by atoms with E-state index in [0.717, 1.165) is 0 Å². The second kappa shape index (κ2) is 10.2. The van der Waals surface area contributed by atoms with Gasteiger partial charge in [-0.3, -0.25) is 5.32 Å². The van der Waals surface area contributed by atoms with Gasteiger partial charge in [0.25, 0.3) is 0 Å². The molecule has 3 heterocycles. The number of aromatic nitrogens is 3. The average Bonchev–Trinajstić information content (AvgIpc) is 2.84. The van der Waals surface area contributed by atoms with Gasteiger partial charge in [-0.05, 0) is 12.1 Å². The van der Waals surface area contributed by atoms with E-state index in [1.165, 1.54) is 7.11 Å². The predicted molar refractivity (Wildman–Crippen MR) is 131 cm³/mol. The molecule has 4 rings (SSSR count). The minimum atomic E-state index is -0.372. The molecule has 12 nitrogen and oxygen atoms in total. The summed E-state index contributed by atoms with van der Waals surface area (Å²) >= 11 is 0. The second-order valence-electron chi connectivity index (χ2n) is 8.45. The van der Waals surface area contributed by atoms with Crippen LogP contribution >= 0.6 is 0 Å². The summed E-state index contributed by atoms with van der Waals surface area (Å²) in [4.78, 5) is 25.8. The lowest BCUT2D eigenvalue weighted by atomic mass is 10.1. The van der Waals surface area contributed by atoms with Crippen molar-refractivity contribution in [3.63, 3.8) is 0 Å². The number of quaternary nitrogens is 1. The van der Waals surface area contributed by atoms with E-state index in [0.29, 0.717) is 71.7 Å².